The Kier molecular flexibility index (Phi) is 4.92. The summed E-state index contributed by atoms with van der Waals surface area (Å²) in [6.07, 6.45) is 5.58. The molecule has 2 aromatic heterocycles. The van der Waals surface area contributed by atoms with Crippen molar-refractivity contribution in [2.24, 2.45) is 0 Å². The van der Waals surface area contributed by atoms with Crippen LogP contribution in [-0.4, -0.2) is 15.0 Å². The van der Waals surface area contributed by atoms with Crippen molar-refractivity contribution in [3.63, 3.8) is 0 Å². The Hall–Kier alpha value is -2.24. The van der Waals surface area contributed by atoms with E-state index in [1.54, 1.807) is 36.8 Å². The molecule has 0 saturated carbocycles. The summed E-state index contributed by atoms with van der Waals surface area (Å²) >= 11 is 11.6. The number of pyridine rings is 1. The van der Waals surface area contributed by atoms with E-state index in [0.29, 0.717) is 22.8 Å². The van der Waals surface area contributed by atoms with Crippen molar-refractivity contribution < 1.29 is 4.39 Å². The molecular weight excluding hydrogens is 350 g/mol. The second-order valence-electron chi connectivity index (χ2n) is 5.21. The molecule has 0 aliphatic carbocycles. The summed E-state index contributed by atoms with van der Waals surface area (Å²) in [5, 5.41) is 3.60. The quantitative estimate of drug-likeness (QED) is 0.666. The summed E-state index contributed by atoms with van der Waals surface area (Å²) in [6, 6.07) is 6.28. The molecular formula is C17H13Cl2FN4. The lowest BCUT2D eigenvalue weighted by molar-refractivity contribution is 0.632. The van der Waals surface area contributed by atoms with E-state index in [1.165, 1.54) is 6.07 Å². The van der Waals surface area contributed by atoms with Gasteiger partial charge in [0.25, 0.3) is 0 Å². The molecule has 0 amide bonds. The number of benzene rings is 1. The molecule has 0 aliphatic heterocycles. The molecule has 0 radical (unpaired) electrons. The van der Waals surface area contributed by atoms with Crippen molar-refractivity contribution in [3.05, 3.63) is 75.8 Å². The predicted molar refractivity (Wildman–Crippen MR) is 93.5 cm³/mol. The van der Waals surface area contributed by atoms with Crippen LogP contribution in [0.4, 0.5) is 15.8 Å². The lowest BCUT2D eigenvalue weighted by Crippen LogP contribution is -2.02. The summed E-state index contributed by atoms with van der Waals surface area (Å²) in [5.74, 6) is -0.421. The van der Waals surface area contributed by atoms with Crippen molar-refractivity contribution in [3.8, 4) is 0 Å². The molecule has 1 N–H and O–H groups in total. The van der Waals surface area contributed by atoms with Crippen LogP contribution >= 0.6 is 23.2 Å². The lowest BCUT2D eigenvalue weighted by Gasteiger charge is -2.13. The van der Waals surface area contributed by atoms with Crippen molar-refractivity contribution in [2.45, 2.75) is 13.3 Å². The standard InChI is InChI=1S/C17H13Cl2FN4/c1-10-11(6-13-4-5-22-17(19)23-13)8-21-9-16(10)24-15-3-2-12(18)7-14(15)20/h2-5,7-9,24H,6H2,1H3. The Labute approximate surface area is 148 Å². The normalized spacial score (nSPS) is 10.7. The van der Waals surface area contributed by atoms with Crippen molar-refractivity contribution in [2.75, 3.05) is 5.32 Å². The molecule has 24 heavy (non-hydrogen) atoms. The zero-order valence-corrected chi connectivity index (χ0v) is 14.2. The first-order valence-electron chi connectivity index (χ1n) is 7.16. The minimum Gasteiger partial charge on any atom is -0.352 e. The first-order chi connectivity index (χ1) is 11.5. The smallest absolute Gasteiger partial charge is 0.222 e. The minimum atomic E-state index is -0.421. The molecule has 3 aromatic rings. The maximum Gasteiger partial charge on any atom is 0.222 e. The summed E-state index contributed by atoms with van der Waals surface area (Å²) in [5.41, 5.74) is 3.76. The number of halogens is 3. The van der Waals surface area contributed by atoms with E-state index >= 15 is 0 Å². The maximum absolute atomic E-state index is 14.0. The highest BCUT2D eigenvalue weighted by atomic mass is 35.5. The molecule has 0 saturated heterocycles. The maximum atomic E-state index is 14.0. The van der Waals surface area contributed by atoms with Gasteiger partial charge in [-0.3, -0.25) is 4.98 Å². The zero-order chi connectivity index (χ0) is 17.1. The molecule has 0 unspecified atom stereocenters. The highest BCUT2D eigenvalue weighted by Gasteiger charge is 2.10. The average Bonchev–Trinajstić information content (AvgIpc) is 2.54. The number of hydrogen-bond donors (Lipinski definition) is 1. The van der Waals surface area contributed by atoms with E-state index in [2.05, 4.69) is 20.3 Å². The van der Waals surface area contributed by atoms with Crippen LogP contribution in [0.2, 0.25) is 10.3 Å². The van der Waals surface area contributed by atoms with Crippen LogP contribution in [0.25, 0.3) is 0 Å². The summed E-state index contributed by atoms with van der Waals surface area (Å²) in [6.45, 7) is 1.94. The Morgan fingerprint density at radius 1 is 1.12 bits per heavy atom. The highest BCUT2D eigenvalue weighted by Crippen LogP contribution is 2.26. The van der Waals surface area contributed by atoms with Crippen molar-refractivity contribution >= 4 is 34.6 Å². The van der Waals surface area contributed by atoms with Gasteiger partial charge in [0.1, 0.15) is 5.82 Å². The van der Waals surface area contributed by atoms with Crippen LogP contribution in [0, 0.1) is 12.7 Å². The molecule has 0 fully saturated rings. The average molecular weight is 363 g/mol. The number of anilines is 2. The van der Waals surface area contributed by atoms with Gasteiger partial charge in [-0.2, -0.15) is 0 Å². The van der Waals surface area contributed by atoms with Crippen molar-refractivity contribution in [1.29, 1.82) is 0 Å². The van der Waals surface area contributed by atoms with Gasteiger partial charge in [0, 0.05) is 29.5 Å². The monoisotopic (exact) mass is 362 g/mol. The molecule has 4 nitrogen and oxygen atoms in total. The third-order valence-corrected chi connectivity index (χ3v) is 3.99. The minimum absolute atomic E-state index is 0.204. The molecule has 0 spiro atoms. The van der Waals surface area contributed by atoms with Gasteiger partial charge >= 0.3 is 0 Å². The van der Waals surface area contributed by atoms with Crippen LogP contribution in [0.3, 0.4) is 0 Å². The molecule has 1 aromatic carbocycles. The van der Waals surface area contributed by atoms with E-state index in [9.17, 15) is 4.39 Å². The first kappa shape index (κ1) is 16.6. The Bertz CT molecular complexity index is 886. The molecule has 7 heteroatoms. The fourth-order valence-electron chi connectivity index (χ4n) is 2.27. The second-order valence-corrected chi connectivity index (χ2v) is 5.99. The predicted octanol–water partition coefficient (Wildman–Crippen LogP) is 4.96. The zero-order valence-electron chi connectivity index (χ0n) is 12.7. The Balaban J connectivity index is 1.88. The van der Waals surface area contributed by atoms with Crippen LogP contribution in [0.15, 0.2) is 42.9 Å². The fourth-order valence-corrected chi connectivity index (χ4v) is 2.60. The van der Waals surface area contributed by atoms with Gasteiger partial charge in [0.2, 0.25) is 5.28 Å². The molecule has 122 valence electrons. The molecule has 3 rings (SSSR count). The van der Waals surface area contributed by atoms with Gasteiger partial charge in [0.05, 0.1) is 17.6 Å². The van der Waals surface area contributed by atoms with Gasteiger partial charge in [0.15, 0.2) is 0 Å². The highest BCUT2D eigenvalue weighted by molar-refractivity contribution is 6.30. The van der Waals surface area contributed by atoms with E-state index in [1.807, 2.05) is 6.92 Å². The molecule has 0 bridgehead atoms. The molecule has 0 atom stereocenters. The third kappa shape index (κ3) is 3.80. The summed E-state index contributed by atoms with van der Waals surface area (Å²) in [7, 11) is 0. The number of aromatic nitrogens is 3. The van der Waals surface area contributed by atoms with Crippen LogP contribution in [-0.2, 0) is 6.42 Å². The van der Waals surface area contributed by atoms with Gasteiger partial charge in [-0.15, -0.1) is 0 Å². The van der Waals surface area contributed by atoms with Crippen molar-refractivity contribution in [1.82, 2.24) is 15.0 Å². The van der Waals surface area contributed by atoms with E-state index < -0.39 is 5.82 Å². The lowest BCUT2D eigenvalue weighted by atomic mass is 10.0. The summed E-state index contributed by atoms with van der Waals surface area (Å²) in [4.78, 5) is 12.3. The van der Waals surface area contributed by atoms with E-state index in [4.69, 9.17) is 23.2 Å². The van der Waals surface area contributed by atoms with E-state index in [0.717, 1.165) is 16.8 Å². The number of nitrogens with one attached hydrogen (secondary N) is 1. The van der Waals surface area contributed by atoms with Crippen LogP contribution < -0.4 is 5.32 Å². The number of nitrogens with zero attached hydrogens (tertiary/aromatic N) is 3. The third-order valence-electron chi connectivity index (χ3n) is 3.58. The molecule has 2 heterocycles. The molecule has 0 aliphatic rings. The Morgan fingerprint density at radius 2 is 1.96 bits per heavy atom. The first-order valence-corrected chi connectivity index (χ1v) is 7.91. The topological polar surface area (TPSA) is 50.7 Å². The largest absolute Gasteiger partial charge is 0.352 e. The SMILES string of the molecule is Cc1c(Cc2ccnc(Cl)n2)cncc1Nc1ccc(Cl)cc1F. The Morgan fingerprint density at radius 3 is 2.71 bits per heavy atom. The van der Waals surface area contributed by atoms with Gasteiger partial charge in [-0.05, 0) is 53.9 Å². The fraction of sp³-hybridized carbons (Fsp3) is 0.118. The second kappa shape index (κ2) is 7.11. The number of hydrogen-bond acceptors (Lipinski definition) is 4. The number of rotatable bonds is 4. The van der Waals surface area contributed by atoms with Crippen LogP contribution in [0.1, 0.15) is 16.8 Å². The van der Waals surface area contributed by atoms with Gasteiger partial charge in [-0.25, -0.2) is 14.4 Å². The van der Waals surface area contributed by atoms with Crippen LogP contribution in [0.5, 0.6) is 0 Å². The van der Waals surface area contributed by atoms with E-state index in [-0.39, 0.29) is 5.28 Å². The van der Waals surface area contributed by atoms with Gasteiger partial charge in [-0.1, -0.05) is 11.6 Å². The summed E-state index contributed by atoms with van der Waals surface area (Å²) < 4.78 is 14.0. The van der Waals surface area contributed by atoms with Gasteiger partial charge < -0.3 is 5.32 Å².